The maximum atomic E-state index is 12.9. The van der Waals surface area contributed by atoms with Crippen LogP contribution < -0.4 is 5.32 Å². The van der Waals surface area contributed by atoms with Crippen molar-refractivity contribution in [2.75, 3.05) is 5.32 Å². The lowest BCUT2D eigenvalue weighted by Crippen LogP contribution is -2.41. The Morgan fingerprint density at radius 2 is 2.16 bits per heavy atom. The molecule has 2 aliphatic heterocycles. The lowest BCUT2D eigenvalue weighted by atomic mass is 9.74. The van der Waals surface area contributed by atoms with E-state index in [0.717, 1.165) is 5.56 Å². The number of nitrogens with zero attached hydrogens (tertiary/aromatic N) is 2. The summed E-state index contributed by atoms with van der Waals surface area (Å²) in [6, 6.07) is 5.42. The lowest BCUT2D eigenvalue weighted by Gasteiger charge is -2.30. The number of ether oxygens (including phenoxy) is 1. The van der Waals surface area contributed by atoms with Gasteiger partial charge < -0.3 is 15.2 Å². The van der Waals surface area contributed by atoms with E-state index in [9.17, 15) is 9.90 Å². The fourth-order valence-electron chi connectivity index (χ4n) is 3.83. The van der Waals surface area contributed by atoms with Crippen molar-refractivity contribution >= 4 is 23.2 Å². The second kappa shape index (κ2) is 6.37. The van der Waals surface area contributed by atoms with Gasteiger partial charge in [0.1, 0.15) is 0 Å². The number of aryl methyl sites for hydroxylation is 1. The van der Waals surface area contributed by atoms with Crippen molar-refractivity contribution in [3.05, 3.63) is 53.1 Å². The van der Waals surface area contributed by atoms with Crippen LogP contribution in [0.5, 0.6) is 0 Å². The number of hydrogen-bond donors (Lipinski definition) is 2. The Morgan fingerprint density at radius 1 is 1.40 bits per heavy atom. The Balaban J connectivity index is 1.61. The molecule has 2 aromatic heterocycles. The van der Waals surface area contributed by atoms with Gasteiger partial charge in [-0.2, -0.15) is 0 Å². The molecule has 2 bridgehead atoms. The van der Waals surface area contributed by atoms with Crippen LogP contribution in [0, 0.1) is 12.8 Å². The smallest absolute Gasteiger partial charge is 0.230 e. The predicted molar refractivity (Wildman–Crippen MR) is 92.4 cm³/mol. The second-order valence-electron chi connectivity index (χ2n) is 6.55. The number of amides is 1. The normalized spacial score (nSPS) is 30.4. The van der Waals surface area contributed by atoms with Gasteiger partial charge in [0.05, 0.1) is 46.8 Å². The van der Waals surface area contributed by atoms with Crippen molar-refractivity contribution in [2.24, 2.45) is 5.92 Å². The fraction of sp³-hybridized carbons (Fsp3) is 0.389. The number of carbonyl (C=O) groups is 1. The largest absolute Gasteiger partial charge is 0.390 e. The molecule has 0 spiro atoms. The summed E-state index contributed by atoms with van der Waals surface area (Å²) in [5.41, 5.74) is 2.21. The van der Waals surface area contributed by atoms with Crippen molar-refractivity contribution in [1.29, 1.82) is 0 Å². The standard InChI is InChI=1S/C18H18ClN3O3/c1-9-12(19)6-11(8-21-9)22-18(24)16-14-7-13(23)17(25-14)15(16)10-2-4-20-5-3-10/h2-6,8,13-17,23H,7H2,1H3,(H,22,24)/t13-,14+,15+,16+,17-/m0/s1. The summed E-state index contributed by atoms with van der Waals surface area (Å²) in [5.74, 6) is -0.732. The molecule has 5 atom stereocenters. The monoisotopic (exact) mass is 359 g/mol. The topological polar surface area (TPSA) is 84.3 Å². The molecule has 130 valence electrons. The number of pyridine rings is 2. The minimum absolute atomic E-state index is 0.150. The molecule has 2 fully saturated rings. The highest BCUT2D eigenvalue weighted by molar-refractivity contribution is 6.31. The average Bonchev–Trinajstić information content (AvgIpc) is 3.16. The van der Waals surface area contributed by atoms with Gasteiger partial charge in [-0.25, -0.2) is 0 Å². The van der Waals surface area contributed by atoms with Gasteiger partial charge in [-0.3, -0.25) is 14.8 Å². The van der Waals surface area contributed by atoms with Gasteiger partial charge >= 0.3 is 0 Å². The molecule has 6 nitrogen and oxygen atoms in total. The molecule has 4 rings (SSSR count). The summed E-state index contributed by atoms with van der Waals surface area (Å²) >= 11 is 6.09. The predicted octanol–water partition coefficient (Wildman–Crippen LogP) is 2.31. The van der Waals surface area contributed by atoms with Gasteiger partial charge in [0, 0.05) is 24.7 Å². The van der Waals surface area contributed by atoms with E-state index in [4.69, 9.17) is 16.3 Å². The minimum Gasteiger partial charge on any atom is -0.390 e. The van der Waals surface area contributed by atoms with Gasteiger partial charge in [-0.1, -0.05) is 11.6 Å². The highest BCUT2D eigenvalue weighted by atomic mass is 35.5. The summed E-state index contributed by atoms with van der Waals surface area (Å²) in [7, 11) is 0. The van der Waals surface area contributed by atoms with E-state index in [1.807, 2.05) is 12.1 Å². The van der Waals surface area contributed by atoms with Crippen LogP contribution in [0.25, 0.3) is 0 Å². The first-order valence-corrected chi connectivity index (χ1v) is 8.59. The van der Waals surface area contributed by atoms with Crippen molar-refractivity contribution in [3.8, 4) is 0 Å². The SMILES string of the molecule is Cc1ncc(NC(=O)[C@H]2[C@@H](c3ccncc3)[C@H]3O[C@@H]2C[C@@H]3O)cc1Cl. The fourth-order valence-corrected chi connectivity index (χ4v) is 3.99. The first-order valence-electron chi connectivity index (χ1n) is 8.21. The number of fused-ring (bicyclic) bond motifs is 2. The van der Waals surface area contributed by atoms with Crippen molar-refractivity contribution in [2.45, 2.75) is 37.6 Å². The van der Waals surface area contributed by atoms with Gasteiger partial charge in [0.2, 0.25) is 5.91 Å². The number of aliphatic hydroxyl groups excluding tert-OH is 1. The van der Waals surface area contributed by atoms with E-state index in [-0.39, 0.29) is 30.0 Å². The number of halogens is 1. The Bertz CT molecular complexity index is 801. The lowest BCUT2D eigenvalue weighted by molar-refractivity contribution is -0.121. The van der Waals surface area contributed by atoms with Crippen LogP contribution in [-0.4, -0.2) is 39.3 Å². The van der Waals surface area contributed by atoms with Crippen LogP contribution in [0.4, 0.5) is 5.69 Å². The minimum atomic E-state index is -0.553. The van der Waals surface area contributed by atoms with Crippen LogP contribution >= 0.6 is 11.6 Å². The summed E-state index contributed by atoms with van der Waals surface area (Å²) in [6.07, 6.45) is 4.21. The van der Waals surface area contributed by atoms with Crippen LogP contribution in [0.3, 0.4) is 0 Å². The van der Waals surface area contributed by atoms with E-state index in [2.05, 4.69) is 15.3 Å². The van der Waals surface area contributed by atoms with Crippen molar-refractivity contribution in [1.82, 2.24) is 9.97 Å². The van der Waals surface area contributed by atoms with Crippen molar-refractivity contribution < 1.29 is 14.6 Å². The Kier molecular flexibility index (Phi) is 4.19. The second-order valence-corrected chi connectivity index (χ2v) is 6.96. The zero-order valence-electron chi connectivity index (χ0n) is 13.6. The third-order valence-corrected chi connectivity index (χ3v) is 5.40. The quantitative estimate of drug-likeness (QED) is 0.878. The van der Waals surface area contributed by atoms with E-state index in [1.54, 1.807) is 31.6 Å². The van der Waals surface area contributed by atoms with E-state index in [1.165, 1.54) is 0 Å². The maximum absolute atomic E-state index is 12.9. The van der Waals surface area contributed by atoms with Gasteiger partial charge in [0.15, 0.2) is 0 Å². The zero-order chi connectivity index (χ0) is 17.6. The Morgan fingerprint density at radius 3 is 2.88 bits per heavy atom. The van der Waals surface area contributed by atoms with Crippen LogP contribution in [0.2, 0.25) is 5.02 Å². The molecule has 0 aromatic carbocycles. The molecule has 0 aliphatic carbocycles. The number of nitrogens with one attached hydrogen (secondary N) is 1. The van der Waals surface area contributed by atoms with Gasteiger partial charge in [0.25, 0.3) is 0 Å². The molecule has 2 saturated heterocycles. The maximum Gasteiger partial charge on any atom is 0.230 e. The molecule has 4 heterocycles. The number of carbonyl (C=O) groups excluding carboxylic acids is 1. The molecule has 7 heteroatoms. The first kappa shape index (κ1) is 16.4. The number of rotatable bonds is 3. The van der Waals surface area contributed by atoms with Crippen LogP contribution in [0.15, 0.2) is 36.8 Å². The Labute approximate surface area is 150 Å². The van der Waals surface area contributed by atoms with E-state index < -0.39 is 6.10 Å². The molecule has 0 unspecified atom stereocenters. The van der Waals surface area contributed by atoms with Crippen molar-refractivity contribution in [3.63, 3.8) is 0 Å². The highest BCUT2D eigenvalue weighted by Gasteiger charge is 2.56. The van der Waals surface area contributed by atoms with Gasteiger partial charge in [-0.05, 0) is 30.7 Å². The number of aliphatic hydroxyl groups is 1. The molecule has 25 heavy (non-hydrogen) atoms. The molecular weight excluding hydrogens is 342 g/mol. The van der Waals surface area contributed by atoms with E-state index in [0.29, 0.717) is 22.8 Å². The molecule has 0 saturated carbocycles. The zero-order valence-corrected chi connectivity index (χ0v) is 14.3. The molecule has 2 aromatic rings. The third kappa shape index (κ3) is 2.90. The summed E-state index contributed by atoms with van der Waals surface area (Å²) in [5, 5.41) is 13.6. The average molecular weight is 360 g/mol. The summed E-state index contributed by atoms with van der Waals surface area (Å²) in [6.45, 7) is 1.80. The number of anilines is 1. The van der Waals surface area contributed by atoms with Crippen LogP contribution in [-0.2, 0) is 9.53 Å². The highest BCUT2D eigenvalue weighted by Crippen LogP contribution is 2.49. The number of aromatic nitrogens is 2. The molecule has 1 amide bonds. The Hall–Kier alpha value is -2.02. The molecule has 2 aliphatic rings. The molecular formula is C18H18ClN3O3. The first-order chi connectivity index (χ1) is 12.0. The molecule has 0 radical (unpaired) electrons. The van der Waals surface area contributed by atoms with Gasteiger partial charge in [-0.15, -0.1) is 0 Å². The van der Waals surface area contributed by atoms with E-state index >= 15 is 0 Å². The van der Waals surface area contributed by atoms with Crippen LogP contribution in [0.1, 0.15) is 23.6 Å². The third-order valence-electron chi connectivity index (χ3n) is 5.01. The summed E-state index contributed by atoms with van der Waals surface area (Å²) < 4.78 is 5.89. The molecule has 2 N–H and O–H groups in total. The summed E-state index contributed by atoms with van der Waals surface area (Å²) in [4.78, 5) is 21.1. The number of hydrogen-bond acceptors (Lipinski definition) is 5.